The Kier molecular flexibility index (Phi) is 5.77. The third kappa shape index (κ3) is 4.34. The van der Waals surface area contributed by atoms with Crippen molar-refractivity contribution in [2.24, 2.45) is 0 Å². The molecule has 0 saturated carbocycles. The number of methoxy groups -OCH3 is 1. The van der Waals surface area contributed by atoms with Crippen molar-refractivity contribution in [2.75, 3.05) is 17.7 Å². The van der Waals surface area contributed by atoms with Crippen LogP contribution in [0.1, 0.15) is 20.3 Å². The number of anilines is 3. The average molecular weight is 396 g/mol. The molecule has 0 spiro atoms. The smallest absolute Gasteiger partial charge is 0.311 e. The number of hydrogen-bond acceptors (Lipinski definition) is 8. The molecular weight excluding hydrogens is 376 g/mol. The maximum Gasteiger partial charge on any atom is 0.311 e. The molecule has 0 aliphatic carbocycles. The van der Waals surface area contributed by atoms with Gasteiger partial charge in [-0.15, -0.1) is 0 Å². The van der Waals surface area contributed by atoms with Crippen molar-refractivity contribution in [3.63, 3.8) is 0 Å². The molecule has 1 heterocycles. The van der Waals surface area contributed by atoms with Gasteiger partial charge in [0.1, 0.15) is 12.1 Å². The first kappa shape index (κ1) is 19.9. The molecule has 3 aromatic rings. The lowest BCUT2D eigenvalue weighted by atomic mass is 10.2. The van der Waals surface area contributed by atoms with Gasteiger partial charge in [-0.3, -0.25) is 9.59 Å². The van der Waals surface area contributed by atoms with Crippen LogP contribution in [0.15, 0.2) is 36.7 Å². The van der Waals surface area contributed by atoms with Gasteiger partial charge >= 0.3 is 5.97 Å². The summed E-state index contributed by atoms with van der Waals surface area (Å²) in [6, 6.07) is 8.07. The van der Waals surface area contributed by atoms with Gasteiger partial charge in [0.15, 0.2) is 17.2 Å². The highest BCUT2D eigenvalue weighted by Crippen LogP contribution is 2.38. The van der Waals surface area contributed by atoms with Gasteiger partial charge < -0.3 is 25.2 Å². The van der Waals surface area contributed by atoms with Crippen LogP contribution in [0.4, 0.5) is 17.2 Å². The van der Waals surface area contributed by atoms with E-state index < -0.39 is 5.97 Å². The van der Waals surface area contributed by atoms with Gasteiger partial charge in [-0.2, -0.15) is 0 Å². The molecule has 0 bridgehead atoms. The summed E-state index contributed by atoms with van der Waals surface area (Å²) >= 11 is 0. The fourth-order valence-electron chi connectivity index (χ4n) is 2.68. The van der Waals surface area contributed by atoms with Crippen LogP contribution in [-0.2, 0) is 9.59 Å². The number of aromatic hydroxyl groups is 1. The first-order valence-electron chi connectivity index (χ1n) is 8.83. The van der Waals surface area contributed by atoms with E-state index in [9.17, 15) is 14.7 Å². The molecule has 9 heteroatoms. The van der Waals surface area contributed by atoms with Crippen molar-refractivity contribution in [1.29, 1.82) is 0 Å². The number of ether oxygens (including phenoxy) is 2. The standard InChI is InChI=1S/C20H20N4O5/c1-4-18(27)29-19-13(23-11(2)25)6-5-7-14(19)24-20-12-8-16(26)17(28-3)9-15(12)21-10-22-20/h5-10,26H,4H2,1-3H3,(H,23,25)(H,21,22,24). The number of hydrogen-bond donors (Lipinski definition) is 3. The lowest BCUT2D eigenvalue weighted by Gasteiger charge is -2.16. The zero-order chi connectivity index (χ0) is 21.0. The molecule has 0 radical (unpaired) electrons. The maximum atomic E-state index is 11.9. The average Bonchev–Trinajstić information content (AvgIpc) is 2.69. The van der Waals surface area contributed by atoms with Gasteiger partial charge in [0, 0.05) is 24.8 Å². The maximum absolute atomic E-state index is 11.9. The fraction of sp³-hybridized carbons (Fsp3) is 0.200. The number of carbonyl (C=O) groups excluding carboxylic acids is 2. The molecule has 1 aromatic heterocycles. The topological polar surface area (TPSA) is 123 Å². The summed E-state index contributed by atoms with van der Waals surface area (Å²) < 4.78 is 10.6. The summed E-state index contributed by atoms with van der Waals surface area (Å²) in [6.07, 6.45) is 1.52. The summed E-state index contributed by atoms with van der Waals surface area (Å²) in [6.45, 7) is 3.03. The van der Waals surface area contributed by atoms with Crippen LogP contribution in [0.5, 0.6) is 17.2 Å². The van der Waals surface area contributed by atoms with E-state index in [1.807, 2.05) is 0 Å². The van der Waals surface area contributed by atoms with Crippen LogP contribution in [0.2, 0.25) is 0 Å². The van der Waals surface area contributed by atoms with Gasteiger partial charge in [0.25, 0.3) is 0 Å². The third-order valence-electron chi connectivity index (χ3n) is 4.02. The zero-order valence-corrected chi connectivity index (χ0v) is 16.1. The Bertz CT molecular complexity index is 1080. The largest absolute Gasteiger partial charge is 0.504 e. The van der Waals surface area contributed by atoms with Gasteiger partial charge in [-0.1, -0.05) is 13.0 Å². The normalized spacial score (nSPS) is 10.4. The monoisotopic (exact) mass is 396 g/mol. The molecular formula is C20H20N4O5. The second-order valence-corrected chi connectivity index (χ2v) is 6.08. The van der Waals surface area contributed by atoms with Crippen molar-refractivity contribution in [2.45, 2.75) is 20.3 Å². The van der Waals surface area contributed by atoms with Crippen LogP contribution in [0.3, 0.4) is 0 Å². The number of para-hydroxylation sites is 1. The minimum absolute atomic E-state index is 0.0671. The Morgan fingerprint density at radius 2 is 1.93 bits per heavy atom. The lowest BCUT2D eigenvalue weighted by molar-refractivity contribution is -0.134. The highest BCUT2D eigenvalue weighted by Gasteiger charge is 2.17. The van der Waals surface area contributed by atoms with E-state index in [1.54, 1.807) is 31.2 Å². The molecule has 0 fully saturated rings. The van der Waals surface area contributed by atoms with Crippen LogP contribution < -0.4 is 20.1 Å². The van der Waals surface area contributed by atoms with E-state index in [2.05, 4.69) is 20.6 Å². The number of esters is 1. The van der Waals surface area contributed by atoms with Crippen molar-refractivity contribution in [3.8, 4) is 17.2 Å². The number of phenols is 1. The van der Waals surface area contributed by atoms with Gasteiger partial charge in [-0.25, -0.2) is 9.97 Å². The summed E-state index contributed by atoms with van der Waals surface area (Å²) in [4.78, 5) is 31.9. The van der Waals surface area contributed by atoms with Crippen molar-refractivity contribution >= 4 is 40.0 Å². The Labute approximate surface area is 166 Å². The number of nitrogens with one attached hydrogen (secondary N) is 2. The quantitative estimate of drug-likeness (QED) is 0.428. The lowest BCUT2D eigenvalue weighted by Crippen LogP contribution is -2.12. The van der Waals surface area contributed by atoms with E-state index >= 15 is 0 Å². The third-order valence-corrected chi connectivity index (χ3v) is 4.02. The highest BCUT2D eigenvalue weighted by molar-refractivity contribution is 5.96. The SMILES string of the molecule is CCC(=O)Oc1c(NC(C)=O)cccc1Nc1ncnc2cc(OC)c(O)cc12. The van der Waals surface area contributed by atoms with E-state index in [-0.39, 0.29) is 29.6 Å². The predicted molar refractivity (Wildman–Crippen MR) is 108 cm³/mol. The molecule has 0 aliphatic rings. The summed E-state index contributed by atoms with van der Waals surface area (Å²) in [5.74, 6) is -0.00291. The Balaban J connectivity index is 2.09. The molecule has 2 aromatic carbocycles. The summed E-state index contributed by atoms with van der Waals surface area (Å²) in [7, 11) is 1.45. The number of phenolic OH excluding ortho intramolecular Hbond substituents is 1. The van der Waals surface area contributed by atoms with Crippen molar-refractivity contribution < 1.29 is 24.2 Å². The van der Waals surface area contributed by atoms with Crippen molar-refractivity contribution in [3.05, 3.63) is 36.7 Å². The number of amides is 1. The predicted octanol–water partition coefficient (Wildman–Crippen LogP) is 3.36. The fourth-order valence-corrected chi connectivity index (χ4v) is 2.68. The molecule has 1 amide bonds. The number of benzene rings is 2. The molecule has 3 rings (SSSR count). The molecule has 150 valence electrons. The van der Waals surface area contributed by atoms with Gasteiger partial charge in [0.05, 0.1) is 24.0 Å². The van der Waals surface area contributed by atoms with E-state index in [0.29, 0.717) is 28.1 Å². The van der Waals surface area contributed by atoms with E-state index in [0.717, 1.165) is 0 Å². The first-order chi connectivity index (χ1) is 13.9. The minimum atomic E-state index is -0.458. The first-order valence-corrected chi connectivity index (χ1v) is 8.83. The number of carbonyl (C=O) groups is 2. The Morgan fingerprint density at radius 1 is 1.17 bits per heavy atom. The van der Waals surface area contributed by atoms with Gasteiger partial charge in [0.2, 0.25) is 5.91 Å². The van der Waals surface area contributed by atoms with E-state index in [1.165, 1.54) is 26.4 Å². The van der Waals surface area contributed by atoms with Crippen LogP contribution >= 0.6 is 0 Å². The molecule has 9 nitrogen and oxygen atoms in total. The molecule has 0 unspecified atom stereocenters. The molecule has 3 N–H and O–H groups in total. The minimum Gasteiger partial charge on any atom is -0.504 e. The number of rotatable bonds is 6. The zero-order valence-electron chi connectivity index (χ0n) is 16.1. The molecule has 0 atom stereocenters. The van der Waals surface area contributed by atoms with Gasteiger partial charge in [-0.05, 0) is 18.2 Å². The van der Waals surface area contributed by atoms with Crippen molar-refractivity contribution in [1.82, 2.24) is 9.97 Å². The highest BCUT2D eigenvalue weighted by atomic mass is 16.5. The van der Waals surface area contributed by atoms with Crippen LogP contribution in [0.25, 0.3) is 10.9 Å². The second kappa shape index (κ2) is 8.42. The Hall–Kier alpha value is -3.88. The molecule has 0 aliphatic heterocycles. The number of aromatic nitrogens is 2. The molecule has 29 heavy (non-hydrogen) atoms. The summed E-state index contributed by atoms with van der Waals surface area (Å²) in [5, 5.41) is 16.4. The van der Waals surface area contributed by atoms with E-state index in [4.69, 9.17) is 9.47 Å². The number of nitrogens with zero attached hydrogens (tertiary/aromatic N) is 2. The Morgan fingerprint density at radius 3 is 2.62 bits per heavy atom. The van der Waals surface area contributed by atoms with Crippen LogP contribution in [0, 0.1) is 0 Å². The molecule has 0 saturated heterocycles. The summed E-state index contributed by atoms with van der Waals surface area (Å²) in [5.41, 5.74) is 1.29. The van der Waals surface area contributed by atoms with Crippen LogP contribution in [-0.4, -0.2) is 34.1 Å². The number of fused-ring (bicyclic) bond motifs is 1. The second-order valence-electron chi connectivity index (χ2n) is 6.08.